The zero-order valence-corrected chi connectivity index (χ0v) is 12.8. The van der Waals surface area contributed by atoms with E-state index in [2.05, 4.69) is 34.4 Å². The Kier molecular flexibility index (Phi) is 4.25. The Morgan fingerprint density at radius 3 is 3.10 bits per heavy atom. The molecule has 0 spiro atoms. The van der Waals surface area contributed by atoms with Crippen LogP contribution >= 0.6 is 0 Å². The third-order valence-electron chi connectivity index (χ3n) is 4.25. The average molecular weight is 285 g/mol. The molecular formula is C17H23N3O. The van der Waals surface area contributed by atoms with Gasteiger partial charge in [0.25, 0.3) is 0 Å². The summed E-state index contributed by atoms with van der Waals surface area (Å²) in [5, 5.41) is 5.85. The molecule has 0 amide bonds. The highest BCUT2D eigenvalue weighted by molar-refractivity contribution is 5.92. The van der Waals surface area contributed by atoms with Gasteiger partial charge in [-0.3, -0.25) is 0 Å². The lowest BCUT2D eigenvalue weighted by Gasteiger charge is -2.29. The van der Waals surface area contributed by atoms with E-state index in [1.54, 1.807) is 7.11 Å². The number of ether oxygens (including phenoxy) is 1. The van der Waals surface area contributed by atoms with E-state index in [9.17, 15) is 0 Å². The maximum Gasteiger partial charge on any atom is 0.133 e. The summed E-state index contributed by atoms with van der Waals surface area (Å²) in [5.41, 5.74) is 0. The lowest BCUT2D eigenvalue weighted by Crippen LogP contribution is -2.35. The van der Waals surface area contributed by atoms with Crippen LogP contribution in [0.25, 0.3) is 10.8 Å². The monoisotopic (exact) mass is 285 g/mol. The van der Waals surface area contributed by atoms with Crippen molar-refractivity contribution in [1.29, 1.82) is 0 Å². The van der Waals surface area contributed by atoms with Crippen molar-refractivity contribution in [1.82, 2.24) is 9.88 Å². The molecule has 1 atom stereocenters. The van der Waals surface area contributed by atoms with E-state index in [-0.39, 0.29) is 0 Å². The van der Waals surface area contributed by atoms with Crippen LogP contribution in [0.2, 0.25) is 0 Å². The fourth-order valence-corrected chi connectivity index (χ4v) is 3.10. The molecule has 0 bridgehead atoms. The highest BCUT2D eigenvalue weighted by Gasteiger charge is 2.17. The second-order valence-corrected chi connectivity index (χ2v) is 5.90. The summed E-state index contributed by atoms with van der Waals surface area (Å²) in [6.45, 7) is 3.39. The maximum atomic E-state index is 5.28. The molecule has 2 aromatic rings. The Bertz CT molecular complexity index is 614. The number of rotatable bonds is 4. The molecule has 1 unspecified atom stereocenters. The number of hydrogen-bond acceptors (Lipinski definition) is 4. The number of anilines is 1. The van der Waals surface area contributed by atoms with Gasteiger partial charge >= 0.3 is 0 Å². The Labute approximate surface area is 126 Å². The molecular weight excluding hydrogens is 262 g/mol. The van der Waals surface area contributed by atoms with Crippen molar-refractivity contribution < 1.29 is 4.74 Å². The number of nitrogens with one attached hydrogen (secondary N) is 1. The number of methoxy groups -OCH3 is 1. The van der Waals surface area contributed by atoms with Gasteiger partial charge in [0, 0.05) is 24.7 Å². The first-order valence-electron chi connectivity index (χ1n) is 7.61. The van der Waals surface area contributed by atoms with Gasteiger partial charge in [-0.1, -0.05) is 0 Å². The highest BCUT2D eigenvalue weighted by atomic mass is 16.5. The van der Waals surface area contributed by atoms with E-state index in [4.69, 9.17) is 4.74 Å². The number of fused-ring (bicyclic) bond motifs is 1. The molecule has 4 nitrogen and oxygen atoms in total. The van der Waals surface area contributed by atoms with Gasteiger partial charge in [0.05, 0.1) is 7.11 Å². The molecule has 1 aliphatic heterocycles. The number of aromatic nitrogens is 1. The zero-order valence-electron chi connectivity index (χ0n) is 12.8. The molecule has 0 aliphatic carbocycles. The van der Waals surface area contributed by atoms with Crippen molar-refractivity contribution in [3.63, 3.8) is 0 Å². The van der Waals surface area contributed by atoms with Crippen LogP contribution in [0.5, 0.6) is 5.75 Å². The number of likely N-dealkylation sites (tertiary alicyclic amines) is 1. The third kappa shape index (κ3) is 3.27. The van der Waals surface area contributed by atoms with E-state index in [0.29, 0.717) is 5.92 Å². The van der Waals surface area contributed by atoms with E-state index >= 15 is 0 Å². The predicted molar refractivity (Wildman–Crippen MR) is 87.0 cm³/mol. The van der Waals surface area contributed by atoms with Gasteiger partial charge in [-0.25, -0.2) is 4.98 Å². The molecule has 112 valence electrons. The summed E-state index contributed by atoms with van der Waals surface area (Å²) < 4.78 is 5.28. The average Bonchev–Trinajstić information content (AvgIpc) is 2.52. The molecule has 2 heterocycles. The first kappa shape index (κ1) is 14.1. The number of hydrogen-bond donors (Lipinski definition) is 1. The molecule has 1 saturated heterocycles. The van der Waals surface area contributed by atoms with Crippen molar-refractivity contribution in [2.75, 3.05) is 39.1 Å². The van der Waals surface area contributed by atoms with Crippen LogP contribution < -0.4 is 10.1 Å². The Morgan fingerprint density at radius 2 is 2.29 bits per heavy atom. The smallest absolute Gasteiger partial charge is 0.133 e. The van der Waals surface area contributed by atoms with Crippen LogP contribution in [0.4, 0.5) is 5.82 Å². The number of benzene rings is 1. The minimum atomic E-state index is 0.707. The largest absolute Gasteiger partial charge is 0.497 e. The SMILES string of the molecule is COc1ccc2c(NCC3CCCN(C)C3)nccc2c1. The fraction of sp³-hybridized carbons (Fsp3) is 0.471. The lowest BCUT2D eigenvalue weighted by atomic mass is 9.98. The number of pyridine rings is 1. The molecule has 1 N–H and O–H groups in total. The molecule has 3 rings (SSSR count). The van der Waals surface area contributed by atoms with Crippen LogP contribution in [0.1, 0.15) is 12.8 Å². The second kappa shape index (κ2) is 6.31. The first-order valence-corrected chi connectivity index (χ1v) is 7.61. The number of nitrogens with zero attached hydrogens (tertiary/aromatic N) is 2. The highest BCUT2D eigenvalue weighted by Crippen LogP contribution is 2.26. The van der Waals surface area contributed by atoms with Crippen LogP contribution in [0, 0.1) is 5.92 Å². The van der Waals surface area contributed by atoms with Gasteiger partial charge in [-0.05, 0) is 62.0 Å². The van der Waals surface area contributed by atoms with Crippen molar-refractivity contribution in [2.24, 2.45) is 5.92 Å². The van der Waals surface area contributed by atoms with Gasteiger partial charge in [0.1, 0.15) is 11.6 Å². The first-order chi connectivity index (χ1) is 10.3. The Hall–Kier alpha value is -1.81. The van der Waals surface area contributed by atoms with E-state index < -0.39 is 0 Å². The maximum absolute atomic E-state index is 5.28. The molecule has 1 aromatic heterocycles. The van der Waals surface area contributed by atoms with Crippen molar-refractivity contribution in [3.05, 3.63) is 30.5 Å². The minimum Gasteiger partial charge on any atom is -0.497 e. The van der Waals surface area contributed by atoms with E-state index in [0.717, 1.165) is 28.9 Å². The van der Waals surface area contributed by atoms with Gasteiger partial charge in [0.2, 0.25) is 0 Å². The van der Waals surface area contributed by atoms with Crippen LogP contribution in [0.3, 0.4) is 0 Å². The number of piperidine rings is 1. The van der Waals surface area contributed by atoms with E-state index in [1.165, 1.54) is 25.9 Å². The van der Waals surface area contributed by atoms with Crippen LogP contribution in [-0.4, -0.2) is 43.7 Å². The van der Waals surface area contributed by atoms with Gasteiger partial charge in [-0.15, -0.1) is 0 Å². The summed E-state index contributed by atoms with van der Waals surface area (Å²) in [6.07, 6.45) is 4.45. The van der Waals surface area contributed by atoms with Gasteiger partial charge in [-0.2, -0.15) is 0 Å². The molecule has 0 radical (unpaired) electrons. The van der Waals surface area contributed by atoms with E-state index in [1.807, 2.05) is 18.3 Å². The molecule has 1 fully saturated rings. The fourth-order valence-electron chi connectivity index (χ4n) is 3.10. The molecule has 0 saturated carbocycles. The van der Waals surface area contributed by atoms with Crippen LogP contribution in [0.15, 0.2) is 30.5 Å². The second-order valence-electron chi connectivity index (χ2n) is 5.90. The quantitative estimate of drug-likeness (QED) is 0.937. The summed E-state index contributed by atoms with van der Waals surface area (Å²) in [6, 6.07) is 8.15. The van der Waals surface area contributed by atoms with Crippen molar-refractivity contribution in [2.45, 2.75) is 12.8 Å². The molecule has 21 heavy (non-hydrogen) atoms. The Balaban J connectivity index is 1.74. The van der Waals surface area contributed by atoms with Crippen molar-refractivity contribution in [3.8, 4) is 5.75 Å². The molecule has 1 aliphatic rings. The molecule has 1 aromatic carbocycles. The minimum absolute atomic E-state index is 0.707. The topological polar surface area (TPSA) is 37.4 Å². The Morgan fingerprint density at radius 1 is 1.38 bits per heavy atom. The lowest BCUT2D eigenvalue weighted by molar-refractivity contribution is 0.217. The normalized spacial score (nSPS) is 19.6. The summed E-state index contributed by atoms with van der Waals surface area (Å²) in [4.78, 5) is 6.91. The zero-order chi connectivity index (χ0) is 14.7. The summed E-state index contributed by atoms with van der Waals surface area (Å²) >= 11 is 0. The predicted octanol–water partition coefficient (Wildman–Crippen LogP) is 3.00. The molecule has 4 heteroatoms. The van der Waals surface area contributed by atoms with Crippen LogP contribution in [-0.2, 0) is 0 Å². The van der Waals surface area contributed by atoms with Crippen molar-refractivity contribution >= 4 is 16.6 Å². The van der Waals surface area contributed by atoms with Gasteiger partial charge < -0.3 is 15.0 Å². The summed E-state index contributed by atoms with van der Waals surface area (Å²) in [5.74, 6) is 2.57. The standard InChI is InChI=1S/C17H23N3O/c1-20-9-3-4-13(12-20)11-19-17-16-6-5-15(21-2)10-14(16)7-8-18-17/h5-8,10,13H,3-4,9,11-12H2,1-2H3,(H,18,19). The third-order valence-corrected chi connectivity index (χ3v) is 4.25. The van der Waals surface area contributed by atoms with Gasteiger partial charge in [0.15, 0.2) is 0 Å². The summed E-state index contributed by atoms with van der Waals surface area (Å²) in [7, 11) is 3.90.